The molecule has 1 unspecified atom stereocenters. The molecular weight excluding hydrogens is 306 g/mol. The van der Waals surface area contributed by atoms with E-state index in [9.17, 15) is 14.9 Å². The van der Waals surface area contributed by atoms with E-state index in [1.165, 1.54) is 12.1 Å². The van der Waals surface area contributed by atoms with Crippen molar-refractivity contribution >= 4 is 30.2 Å². The van der Waals surface area contributed by atoms with Crippen LogP contribution in [-0.2, 0) is 6.42 Å². The van der Waals surface area contributed by atoms with Gasteiger partial charge in [-0.1, -0.05) is 12.1 Å². The van der Waals surface area contributed by atoms with Crippen LogP contribution in [0.15, 0.2) is 29.3 Å². The normalized spacial score (nSPS) is 18.5. The summed E-state index contributed by atoms with van der Waals surface area (Å²) in [6, 6.07) is 6.26. The molecule has 1 fully saturated rings. The lowest BCUT2D eigenvalue weighted by atomic mass is 10.1. The highest BCUT2D eigenvalue weighted by Crippen LogP contribution is 2.18. The molecule has 0 radical (unpaired) electrons. The van der Waals surface area contributed by atoms with Crippen LogP contribution in [0.2, 0.25) is 0 Å². The fraction of sp³-hybridized carbons (Fsp3) is 0.429. The third-order valence-corrected chi connectivity index (χ3v) is 3.96. The molecule has 0 saturated carbocycles. The van der Waals surface area contributed by atoms with Crippen molar-refractivity contribution < 1.29 is 14.8 Å². The van der Waals surface area contributed by atoms with Crippen molar-refractivity contribution in [1.29, 1.82) is 0 Å². The number of hydrogen-bond donors (Lipinski definition) is 2. The Kier molecular flexibility index (Phi) is 5.37. The molecule has 118 valence electrons. The van der Waals surface area contributed by atoms with Gasteiger partial charge in [-0.3, -0.25) is 10.1 Å². The molecule has 1 aromatic rings. The average Bonchev–Trinajstić information content (AvgIpc) is 2.90. The molecular formula is C14H17N3O4S. The average molecular weight is 323 g/mol. The van der Waals surface area contributed by atoms with Crippen LogP contribution in [0.5, 0.6) is 0 Å². The van der Waals surface area contributed by atoms with Gasteiger partial charge in [0.15, 0.2) is 0 Å². The lowest BCUT2D eigenvalue weighted by molar-refractivity contribution is -0.384. The fourth-order valence-electron chi connectivity index (χ4n) is 2.41. The molecule has 1 aromatic carbocycles. The van der Waals surface area contributed by atoms with Crippen LogP contribution in [0.25, 0.3) is 0 Å². The summed E-state index contributed by atoms with van der Waals surface area (Å²) >= 11 is 4.40. The molecule has 1 atom stereocenters. The first kappa shape index (κ1) is 16.3. The minimum absolute atomic E-state index is 0.0423. The van der Waals surface area contributed by atoms with E-state index in [0.29, 0.717) is 25.2 Å². The number of hydrogen-bond acceptors (Lipinski definition) is 4. The Bertz CT molecular complexity index is 588. The van der Waals surface area contributed by atoms with Gasteiger partial charge in [-0.05, 0) is 18.4 Å². The molecule has 1 N–H and O–H groups in total. The molecule has 1 saturated heterocycles. The van der Waals surface area contributed by atoms with Crippen LogP contribution in [0, 0.1) is 10.1 Å². The summed E-state index contributed by atoms with van der Waals surface area (Å²) in [5, 5.41) is 19.7. The minimum atomic E-state index is -1.21. The number of nitrogens with zero attached hydrogens (tertiary/aromatic N) is 3. The van der Waals surface area contributed by atoms with Gasteiger partial charge in [0.05, 0.1) is 4.92 Å². The number of aliphatic imine (C=N–C) groups is 1. The quantitative estimate of drug-likeness (QED) is 0.292. The van der Waals surface area contributed by atoms with Crippen LogP contribution in [0.1, 0.15) is 18.4 Å². The van der Waals surface area contributed by atoms with E-state index < -0.39 is 11.0 Å². The number of nitro benzene ring substituents is 1. The zero-order valence-electron chi connectivity index (χ0n) is 11.9. The molecule has 2 rings (SSSR count). The van der Waals surface area contributed by atoms with Crippen molar-refractivity contribution in [1.82, 2.24) is 4.90 Å². The SMILES string of the molecule is O=C(O)N=C(CCc1ccc([N+](=O)[O-])cc1)N1CCC(S)C1. The van der Waals surface area contributed by atoms with Crippen molar-refractivity contribution in [2.24, 2.45) is 4.99 Å². The van der Waals surface area contributed by atoms with Crippen molar-refractivity contribution in [3.8, 4) is 0 Å². The molecule has 7 nitrogen and oxygen atoms in total. The van der Waals surface area contributed by atoms with Crippen molar-refractivity contribution in [3.05, 3.63) is 39.9 Å². The second-order valence-corrected chi connectivity index (χ2v) is 5.85. The third kappa shape index (κ3) is 4.45. The standard InChI is InChI=1S/C14H17N3O4S/c18-14(19)15-13(16-8-7-12(22)9-16)6-3-10-1-4-11(5-2-10)17(20)21/h1-2,4-5,12,22H,3,6-9H2,(H,18,19). The summed E-state index contributed by atoms with van der Waals surface area (Å²) in [4.78, 5) is 26.6. The van der Waals surface area contributed by atoms with Gasteiger partial charge in [0.2, 0.25) is 0 Å². The molecule has 0 aliphatic carbocycles. The molecule has 0 aromatic heterocycles. The van der Waals surface area contributed by atoms with Gasteiger partial charge < -0.3 is 10.0 Å². The highest BCUT2D eigenvalue weighted by atomic mass is 32.1. The van der Waals surface area contributed by atoms with Gasteiger partial charge in [0.25, 0.3) is 5.69 Å². The predicted octanol–water partition coefficient (Wildman–Crippen LogP) is 2.61. The lowest BCUT2D eigenvalue weighted by Gasteiger charge is -2.19. The topological polar surface area (TPSA) is 96.0 Å². The molecule has 8 heteroatoms. The molecule has 1 amide bonds. The minimum Gasteiger partial charge on any atom is -0.463 e. The number of carbonyl (C=O) groups is 1. The Balaban J connectivity index is 2.02. The molecule has 22 heavy (non-hydrogen) atoms. The second kappa shape index (κ2) is 7.26. The van der Waals surface area contributed by atoms with Crippen LogP contribution < -0.4 is 0 Å². The molecule has 0 bridgehead atoms. The van der Waals surface area contributed by atoms with Crippen molar-refractivity contribution in [2.75, 3.05) is 13.1 Å². The smallest absolute Gasteiger partial charge is 0.432 e. The Hall–Kier alpha value is -2.09. The third-order valence-electron chi connectivity index (χ3n) is 3.54. The largest absolute Gasteiger partial charge is 0.463 e. The van der Waals surface area contributed by atoms with Crippen molar-refractivity contribution in [2.45, 2.75) is 24.5 Å². The highest BCUT2D eigenvalue weighted by Gasteiger charge is 2.23. The number of aryl methyl sites for hydroxylation is 1. The maximum absolute atomic E-state index is 10.9. The number of thiol groups is 1. The first-order valence-corrected chi connectivity index (χ1v) is 7.44. The number of rotatable bonds is 4. The lowest BCUT2D eigenvalue weighted by Crippen LogP contribution is -2.30. The number of benzene rings is 1. The summed E-state index contributed by atoms with van der Waals surface area (Å²) in [5.41, 5.74) is 0.950. The number of amidine groups is 1. The maximum Gasteiger partial charge on any atom is 0.432 e. The number of amides is 1. The molecule has 1 heterocycles. The Labute approximate surface area is 133 Å². The summed E-state index contributed by atoms with van der Waals surface area (Å²) in [5.74, 6) is 0.530. The summed E-state index contributed by atoms with van der Waals surface area (Å²) in [6.07, 6.45) is 0.753. The van der Waals surface area contributed by atoms with E-state index in [1.807, 2.05) is 4.90 Å². The number of non-ortho nitro benzene ring substituents is 1. The predicted molar refractivity (Wildman–Crippen MR) is 85.8 cm³/mol. The van der Waals surface area contributed by atoms with Gasteiger partial charge in [0.1, 0.15) is 5.84 Å². The van der Waals surface area contributed by atoms with Gasteiger partial charge in [-0.25, -0.2) is 4.79 Å². The molecule has 1 aliphatic heterocycles. The maximum atomic E-state index is 10.9. The van der Waals surface area contributed by atoms with E-state index in [-0.39, 0.29) is 10.9 Å². The van der Waals surface area contributed by atoms with E-state index in [2.05, 4.69) is 17.6 Å². The zero-order valence-corrected chi connectivity index (χ0v) is 12.8. The summed E-state index contributed by atoms with van der Waals surface area (Å²) in [7, 11) is 0. The van der Waals surface area contributed by atoms with E-state index >= 15 is 0 Å². The first-order chi connectivity index (χ1) is 10.5. The van der Waals surface area contributed by atoms with Gasteiger partial charge in [-0.2, -0.15) is 17.6 Å². The second-order valence-electron chi connectivity index (χ2n) is 5.12. The fourth-order valence-corrected chi connectivity index (χ4v) is 2.72. The van der Waals surface area contributed by atoms with Gasteiger partial charge in [-0.15, -0.1) is 0 Å². The molecule has 0 spiro atoms. The van der Waals surface area contributed by atoms with Crippen LogP contribution >= 0.6 is 12.6 Å². The van der Waals surface area contributed by atoms with Crippen LogP contribution in [0.3, 0.4) is 0 Å². The number of likely N-dealkylation sites (tertiary alicyclic amines) is 1. The first-order valence-electron chi connectivity index (χ1n) is 6.92. The van der Waals surface area contributed by atoms with Gasteiger partial charge >= 0.3 is 6.09 Å². The van der Waals surface area contributed by atoms with E-state index in [0.717, 1.165) is 18.5 Å². The van der Waals surface area contributed by atoms with Gasteiger partial charge in [0, 0.05) is 36.9 Å². The van der Waals surface area contributed by atoms with E-state index in [1.54, 1.807) is 12.1 Å². The zero-order chi connectivity index (χ0) is 16.1. The van der Waals surface area contributed by atoms with Crippen molar-refractivity contribution in [3.63, 3.8) is 0 Å². The van der Waals surface area contributed by atoms with E-state index in [4.69, 9.17) is 5.11 Å². The summed E-state index contributed by atoms with van der Waals surface area (Å²) < 4.78 is 0. The monoisotopic (exact) mass is 323 g/mol. The Morgan fingerprint density at radius 2 is 2.14 bits per heavy atom. The summed E-state index contributed by atoms with van der Waals surface area (Å²) in [6.45, 7) is 1.44. The number of carboxylic acid groups (broad SMARTS) is 1. The molecule has 1 aliphatic rings. The van der Waals surface area contributed by atoms with Crippen LogP contribution in [0.4, 0.5) is 10.5 Å². The van der Waals surface area contributed by atoms with Crippen LogP contribution in [-0.4, -0.2) is 45.2 Å². The Morgan fingerprint density at radius 1 is 1.45 bits per heavy atom. The Morgan fingerprint density at radius 3 is 2.64 bits per heavy atom. The highest BCUT2D eigenvalue weighted by molar-refractivity contribution is 7.81. The number of nitro groups is 1.